The molecule has 0 aliphatic rings. The zero-order valence-electron chi connectivity index (χ0n) is 6.52. The zero-order valence-corrected chi connectivity index (χ0v) is 7.56. The summed E-state index contributed by atoms with van der Waals surface area (Å²) in [5, 5.41) is 0. The fourth-order valence-electron chi connectivity index (χ4n) is 0.642. The molecular formula is C10H10CoO-2. The molecule has 0 saturated heterocycles. The van der Waals surface area contributed by atoms with Gasteiger partial charge in [-0.2, -0.15) is 36.4 Å². The molecule has 0 unspecified atom stereocenters. The van der Waals surface area contributed by atoms with Crippen LogP contribution in [0.5, 0.6) is 0 Å². The van der Waals surface area contributed by atoms with Crippen molar-refractivity contribution in [2.75, 3.05) is 0 Å². The third-order valence-electron chi connectivity index (χ3n) is 1.11. The van der Waals surface area contributed by atoms with Gasteiger partial charge in [0, 0.05) is 0 Å². The molecule has 0 amide bonds. The number of hydrogen-bond acceptors (Lipinski definition) is 1. The average Bonchev–Trinajstić information content (AvgIpc) is 2.87. The molecule has 12 heavy (non-hydrogen) atoms. The van der Waals surface area contributed by atoms with Crippen LogP contribution < -0.4 is 0 Å². The second-order valence-corrected chi connectivity index (χ2v) is 1.92. The Labute approximate surface area is 80.6 Å². The summed E-state index contributed by atoms with van der Waals surface area (Å²) in [6.07, 6.45) is 0. The predicted octanol–water partition coefficient (Wildman–Crippen LogP) is 2.69. The van der Waals surface area contributed by atoms with E-state index in [9.17, 15) is 0 Å². The van der Waals surface area contributed by atoms with Crippen LogP contribution in [0, 0.1) is 0 Å². The molecule has 2 rings (SSSR count). The summed E-state index contributed by atoms with van der Waals surface area (Å²) in [4.78, 5) is 0. The van der Waals surface area contributed by atoms with Gasteiger partial charge >= 0.3 is 19.5 Å². The van der Waals surface area contributed by atoms with E-state index in [4.69, 9.17) is 3.87 Å². The van der Waals surface area contributed by atoms with Crippen LogP contribution in [-0.2, 0) is 19.5 Å². The first-order valence-corrected chi connectivity index (χ1v) is 3.89. The van der Waals surface area contributed by atoms with Gasteiger partial charge in [0.05, 0.1) is 0 Å². The summed E-state index contributed by atoms with van der Waals surface area (Å²) in [6.45, 7) is 0. The average molecular weight is 205 g/mol. The summed E-state index contributed by atoms with van der Waals surface area (Å²) in [5.41, 5.74) is 0. The van der Waals surface area contributed by atoms with Crippen LogP contribution in [-0.4, -0.2) is 0 Å². The van der Waals surface area contributed by atoms with E-state index in [0.29, 0.717) is 0 Å². The molecule has 0 aliphatic carbocycles. The minimum atomic E-state index is 2.00. The van der Waals surface area contributed by atoms with Crippen molar-refractivity contribution in [1.29, 1.82) is 0 Å². The van der Waals surface area contributed by atoms with Gasteiger partial charge in [-0.3, -0.25) is 0 Å². The van der Waals surface area contributed by atoms with E-state index in [0.717, 1.165) is 0 Å². The van der Waals surface area contributed by atoms with Crippen molar-refractivity contribution in [3.05, 3.63) is 60.7 Å². The summed E-state index contributed by atoms with van der Waals surface area (Å²) in [6, 6.07) is 20.0. The minimum absolute atomic E-state index is 2.00. The van der Waals surface area contributed by atoms with Crippen LogP contribution in [0.4, 0.5) is 0 Å². The topological polar surface area (TPSA) is 17.1 Å². The van der Waals surface area contributed by atoms with E-state index in [1.807, 2.05) is 60.7 Å². The minimum Gasteiger partial charge on any atom is -0.214 e. The van der Waals surface area contributed by atoms with Crippen molar-refractivity contribution in [2.24, 2.45) is 0 Å². The Kier molecular flexibility index (Phi) is 9.18. The normalized spacial score (nSPS) is 7.08. The maximum absolute atomic E-state index is 7.94. The molecule has 67 valence electrons. The standard InChI is InChI=1S/2C5H5.Co.O/c2*1-2-4-5-3-1;;/h2*1-5H;;/q2*-1;;. The van der Waals surface area contributed by atoms with E-state index < -0.39 is 0 Å². The molecule has 2 aromatic rings. The molecule has 0 aliphatic heterocycles. The van der Waals surface area contributed by atoms with Crippen molar-refractivity contribution in [3.63, 3.8) is 0 Å². The van der Waals surface area contributed by atoms with E-state index in [1.54, 1.807) is 0 Å². The molecule has 2 aromatic carbocycles. The smallest absolute Gasteiger partial charge is 0.172 e. The van der Waals surface area contributed by atoms with E-state index in [-0.39, 0.29) is 0 Å². The fraction of sp³-hybridized carbons (Fsp3) is 0. The maximum atomic E-state index is 7.94. The molecule has 0 atom stereocenters. The van der Waals surface area contributed by atoms with Crippen molar-refractivity contribution in [1.82, 2.24) is 0 Å². The molecule has 1 nitrogen and oxygen atoms in total. The van der Waals surface area contributed by atoms with Crippen LogP contribution in [0.3, 0.4) is 0 Å². The van der Waals surface area contributed by atoms with Crippen molar-refractivity contribution >= 4 is 0 Å². The van der Waals surface area contributed by atoms with Gasteiger partial charge in [0.15, 0.2) is 0 Å². The van der Waals surface area contributed by atoms with Gasteiger partial charge in [-0.15, -0.1) is 0 Å². The van der Waals surface area contributed by atoms with Gasteiger partial charge in [0.2, 0.25) is 0 Å². The Bertz CT molecular complexity index is 161. The zero-order chi connectivity index (χ0) is 9.07. The molecule has 0 N–H and O–H groups in total. The number of rotatable bonds is 0. The van der Waals surface area contributed by atoms with Gasteiger partial charge in [-0.25, -0.2) is 24.3 Å². The molecule has 0 fully saturated rings. The van der Waals surface area contributed by atoms with Crippen LogP contribution in [0.25, 0.3) is 0 Å². The van der Waals surface area contributed by atoms with Gasteiger partial charge in [-0.1, -0.05) is 0 Å². The molecule has 2 heteroatoms. The van der Waals surface area contributed by atoms with Crippen LogP contribution in [0.2, 0.25) is 0 Å². The van der Waals surface area contributed by atoms with Gasteiger partial charge in [0.25, 0.3) is 0 Å². The monoisotopic (exact) mass is 205 g/mol. The maximum Gasteiger partial charge on any atom is -0.172 e. The van der Waals surface area contributed by atoms with Crippen molar-refractivity contribution in [3.8, 4) is 0 Å². The molecule has 0 aromatic heterocycles. The van der Waals surface area contributed by atoms with Gasteiger partial charge in [-0.05, 0) is 0 Å². The fourth-order valence-corrected chi connectivity index (χ4v) is 0.642. The molecule has 0 radical (unpaired) electrons. The van der Waals surface area contributed by atoms with Crippen molar-refractivity contribution < 1.29 is 19.5 Å². The van der Waals surface area contributed by atoms with E-state index in [1.165, 1.54) is 0 Å². The largest absolute Gasteiger partial charge is 0.214 e. The Morgan fingerprint density at radius 3 is 1.00 bits per heavy atom. The van der Waals surface area contributed by atoms with Crippen LogP contribution in [0.15, 0.2) is 60.7 Å². The Morgan fingerprint density at radius 1 is 0.667 bits per heavy atom. The Balaban J connectivity index is 0.000000168. The van der Waals surface area contributed by atoms with Crippen LogP contribution in [0.1, 0.15) is 0 Å². The molecule has 0 heterocycles. The number of hydrogen-bond donors (Lipinski definition) is 0. The third-order valence-corrected chi connectivity index (χ3v) is 1.11. The first kappa shape index (κ1) is 11.0. The Morgan fingerprint density at radius 2 is 0.917 bits per heavy atom. The summed E-state index contributed by atoms with van der Waals surface area (Å²) in [5.74, 6) is 0. The SMILES string of the molecule is [O]=[Co].c1cc[cH-]c1.c1cc[cH-]c1. The molecular weight excluding hydrogens is 195 g/mol. The van der Waals surface area contributed by atoms with E-state index in [2.05, 4.69) is 15.7 Å². The first-order valence-electron chi connectivity index (χ1n) is 3.47. The summed E-state index contributed by atoms with van der Waals surface area (Å²) in [7, 11) is 0. The Hall–Kier alpha value is -0.994. The molecule has 0 spiro atoms. The summed E-state index contributed by atoms with van der Waals surface area (Å²) >= 11 is 2.31. The summed E-state index contributed by atoms with van der Waals surface area (Å²) < 4.78 is 7.94. The molecule has 0 saturated carbocycles. The van der Waals surface area contributed by atoms with Gasteiger partial charge in [0.1, 0.15) is 0 Å². The van der Waals surface area contributed by atoms with Gasteiger partial charge < -0.3 is 0 Å². The molecule has 0 bridgehead atoms. The second-order valence-electron chi connectivity index (χ2n) is 1.92. The quantitative estimate of drug-likeness (QED) is 0.604. The first-order chi connectivity index (χ1) is 6.00. The van der Waals surface area contributed by atoms with Crippen LogP contribution >= 0.6 is 0 Å². The van der Waals surface area contributed by atoms with E-state index >= 15 is 0 Å². The third kappa shape index (κ3) is 7.12. The predicted molar refractivity (Wildman–Crippen MR) is 44.8 cm³/mol. The second kappa shape index (κ2) is 10.0. The van der Waals surface area contributed by atoms with Crippen molar-refractivity contribution in [2.45, 2.75) is 0 Å².